The van der Waals surface area contributed by atoms with E-state index in [-0.39, 0.29) is 11.8 Å². The fourth-order valence-corrected chi connectivity index (χ4v) is 8.44. The van der Waals surface area contributed by atoms with Gasteiger partial charge < -0.3 is 0 Å². The first-order chi connectivity index (χ1) is 7.47. The molecule has 0 aromatic carbocycles. The molecule has 3 rings (SSSR count). The summed E-state index contributed by atoms with van der Waals surface area (Å²) in [5.74, 6) is -0.361. The Kier molecular flexibility index (Phi) is 1.83. The Morgan fingerprint density at radius 3 is 2.18 bits per heavy atom. The summed E-state index contributed by atoms with van der Waals surface area (Å²) in [5, 5.41) is 0. The van der Waals surface area contributed by atoms with E-state index in [1.165, 1.54) is 0 Å². The highest BCUT2D eigenvalue weighted by Gasteiger charge is 2.92. The van der Waals surface area contributed by atoms with E-state index in [0.717, 1.165) is 0 Å². The normalized spacial score (nSPS) is 52.1. The van der Waals surface area contributed by atoms with E-state index in [4.69, 9.17) is 23.2 Å². The summed E-state index contributed by atoms with van der Waals surface area (Å²) in [4.78, 5) is 12.3. The maximum Gasteiger partial charge on any atom is 0.223 e. The van der Waals surface area contributed by atoms with Crippen molar-refractivity contribution in [3.8, 4) is 0 Å². The molecule has 96 valence electrons. The fourth-order valence-electron chi connectivity index (χ4n) is 4.19. The Bertz CT molecular complexity index is 556. The van der Waals surface area contributed by atoms with E-state index < -0.39 is 29.9 Å². The molecule has 1 spiro atoms. The van der Waals surface area contributed by atoms with Crippen molar-refractivity contribution >= 4 is 39.0 Å². The molecule has 0 aromatic rings. The molecule has 2 bridgehead atoms. The molecule has 1 aliphatic heterocycles. The Labute approximate surface area is 110 Å². The summed E-state index contributed by atoms with van der Waals surface area (Å²) in [5.41, 5.74) is -1.56. The van der Waals surface area contributed by atoms with Gasteiger partial charge >= 0.3 is 0 Å². The second-order valence-electron chi connectivity index (χ2n) is 5.97. The Morgan fingerprint density at radius 1 is 1.29 bits per heavy atom. The van der Waals surface area contributed by atoms with E-state index in [9.17, 15) is 13.2 Å². The molecule has 3 aliphatic rings. The topological polar surface area (TPSA) is 63.2 Å². The summed E-state index contributed by atoms with van der Waals surface area (Å²) >= 11 is 12.3. The van der Waals surface area contributed by atoms with Gasteiger partial charge in [-0.1, -0.05) is 44.0 Å². The molecule has 2 aliphatic carbocycles. The highest BCUT2D eigenvalue weighted by atomic mass is 35.5. The number of carbonyl (C=O) groups is 1. The van der Waals surface area contributed by atoms with E-state index in [0.29, 0.717) is 6.42 Å². The van der Waals surface area contributed by atoms with Crippen LogP contribution in [-0.4, -0.2) is 29.3 Å². The SMILES string of the molecule is CC12CC3NS(=O)(=O)C3(C(Cl)(Cl)C1=O)C2(C)C. The van der Waals surface area contributed by atoms with E-state index >= 15 is 0 Å². The molecule has 1 heterocycles. The number of carbonyl (C=O) groups excluding carboxylic acids is 1. The third-order valence-electron chi connectivity index (χ3n) is 5.39. The summed E-state index contributed by atoms with van der Waals surface area (Å²) in [6, 6.07) is -0.333. The predicted octanol–water partition coefficient (Wildman–Crippen LogP) is 1.22. The summed E-state index contributed by atoms with van der Waals surface area (Å²) in [6.07, 6.45) is 0.471. The van der Waals surface area contributed by atoms with Crippen LogP contribution in [0, 0.1) is 10.8 Å². The first kappa shape index (κ1) is 12.2. The number of sulfonamides is 1. The van der Waals surface area contributed by atoms with Gasteiger partial charge in [-0.05, 0) is 6.42 Å². The van der Waals surface area contributed by atoms with Gasteiger partial charge in [-0.2, -0.15) is 0 Å². The predicted molar refractivity (Wildman–Crippen MR) is 64.5 cm³/mol. The molecule has 0 amide bonds. The Morgan fingerprint density at radius 2 is 1.82 bits per heavy atom. The summed E-state index contributed by atoms with van der Waals surface area (Å²) < 4.78 is 23.6. The van der Waals surface area contributed by atoms with E-state index in [1.54, 1.807) is 20.8 Å². The molecule has 1 saturated heterocycles. The molecule has 17 heavy (non-hydrogen) atoms. The number of hydrogen-bond acceptors (Lipinski definition) is 3. The van der Waals surface area contributed by atoms with Crippen molar-refractivity contribution in [2.75, 3.05) is 0 Å². The smallest absolute Gasteiger partial charge is 0.223 e. The highest BCUT2D eigenvalue weighted by Crippen LogP contribution is 2.77. The van der Waals surface area contributed by atoms with Gasteiger partial charge in [-0.25, -0.2) is 13.1 Å². The zero-order chi connectivity index (χ0) is 13.1. The lowest BCUT2D eigenvalue weighted by Gasteiger charge is -2.53. The van der Waals surface area contributed by atoms with Crippen LogP contribution in [0.15, 0.2) is 0 Å². The number of rotatable bonds is 0. The van der Waals surface area contributed by atoms with Crippen molar-refractivity contribution < 1.29 is 13.2 Å². The Balaban J connectivity index is 2.42. The van der Waals surface area contributed by atoms with Gasteiger partial charge in [0, 0.05) is 16.9 Å². The molecule has 1 N–H and O–H groups in total. The van der Waals surface area contributed by atoms with Crippen molar-refractivity contribution in [2.45, 2.75) is 42.3 Å². The van der Waals surface area contributed by atoms with Crippen molar-refractivity contribution in [1.29, 1.82) is 0 Å². The van der Waals surface area contributed by atoms with Crippen molar-refractivity contribution in [2.24, 2.45) is 10.8 Å². The van der Waals surface area contributed by atoms with Crippen molar-refractivity contribution in [3.63, 3.8) is 0 Å². The number of alkyl halides is 2. The lowest BCUT2D eigenvalue weighted by atomic mass is 9.70. The second kappa shape index (κ2) is 2.55. The van der Waals surface area contributed by atoms with Crippen molar-refractivity contribution in [3.05, 3.63) is 0 Å². The van der Waals surface area contributed by atoms with Gasteiger partial charge in [0.05, 0.1) is 0 Å². The first-order valence-corrected chi connectivity index (χ1v) is 7.65. The Hall–Kier alpha value is 0.160. The quantitative estimate of drug-likeness (QED) is 0.684. The van der Waals surface area contributed by atoms with Gasteiger partial charge in [0.15, 0.2) is 10.1 Å². The van der Waals surface area contributed by atoms with Crippen LogP contribution in [0.1, 0.15) is 27.2 Å². The summed E-state index contributed by atoms with van der Waals surface area (Å²) in [6.45, 7) is 5.31. The minimum absolute atomic E-state index is 0.333. The minimum Gasteiger partial charge on any atom is -0.296 e. The van der Waals surface area contributed by atoms with Crippen molar-refractivity contribution in [1.82, 2.24) is 4.72 Å². The zero-order valence-corrected chi connectivity index (χ0v) is 12.0. The van der Waals surface area contributed by atoms with Gasteiger partial charge in [0.1, 0.15) is 4.75 Å². The second-order valence-corrected chi connectivity index (χ2v) is 9.19. The third kappa shape index (κ3) is 0.787. The molecular weight excluding hydrogens is 285 g/mol. The molecule has 2 saturated carbocycles. The van der Waals surface area contributed by atoms with Crippen LogP contribution >= 0.6 is 23.2 Å². The van der Waals surface area contributed by atoms with Crippen LogP contribution in [0.25, 0.3) is 0 Å². The van der Waals surface area contributed by atoms with Crippen LogP contribution in [0.3, 0.4) is 0 Å². The number of halogens is 2. The van der Waals surface area contributed by atoms with Gasteiger partial charge in [-0.3, -0.25) is 4.79 Å². The van der Waals surface area contributed by atoms with Gasteiger partial charge in [0.25, 0.3) is 0 Å². The van der Waals surface area contributed by atoms with Crippen LogP contribution in [0.5, 0.6) is 0 Å². The lowest BCUT2D eigenvalue weighted by molar-refractivity contribution is -0.129. The average molecular weight is 298 g/mol. The van der Waals surface area contributed by atoms with Crippen LogP contribution in [0.2, 0.25) is 0 Å². The number of Topliss-reactive ketones (excluding diaryl/α,β-unsaturated/α-hetero) is 1. The molecule has 0 radical (unpaired) electrons. The highest BCUT2D eigenvalue weighted by molar-refractivity contribution is 7.92. The van der Waals surface area contributed by atoms with Gasteiger partial charge in [0.2, 0.25) is 10.0 Å². The largest absolute Gasteiger partial charge is 0.296 e. The molecule has 3 unspecified atom stereocenters. The maximum absolute atomic E-state index is 12.3. The molecule has 3 atom stereocenters. The maximum atomic E-state index is 12.3. The summed E-state index contributed by atoms with van der Waals surface area (Å²) in [7, 11) is -3.65. The fraction of sp³-hybridized carbons (Fsp3) is 0.900. The standard InChI is InChI=1S/C10H13Cl2NO3S/c1-7(2)8(3)4-5-9(7,17(15,16)13-5)10(11,12)6(8)14/h5,13H,4H2,1-3H3. The molecular formula is C10H13Cl2NO3S. The minimum atomic E-state index is -3.65. The number of fused-ring (bicyclic) bond motifs is 1. The number of ketones is 1. The third-order valence-corrected chi connectivity index (χ3v) is 9.09. The first-order valence-electron chi connectivity index (χ1n) is 5.41. The lowest BCUT2D eigenvalue weighted by Crippen LogP contribution is -2.79. The van der Waals surface area contributed by atoms with Gasteiger partial charge in [-0.15, -0.1) is 0 Å². The monoisotopic (exact) mass is 297 g/mol. The molecule has 4 nitrogen and oxygen atoms in total. The van der Waals surface area contributed by atoms with E-state index in [2.05, 4.69) is 4.72 Å². The van der Waals surface area contributed by atoms with Crippen LogP contribution in [0.4, 0.5) is 0 Å². The van der Waals surface area contributed by atoms with Crippen LogP contribution < -0.4 is 4.72 Å². The van der Waals surface area contributed by atoms with E-state index in [1.807, 2.05) is 0 Å². The van der Waals surface area contributed by atoms with Crippen LogP contribution in [-0.2, 0) is 14.8 Å². The zero-order valence-electron chi connectivity index (χ0n) is 9.67. The number of hydrogen-bond donors (Lipinski definition) is 1. The molecule has 3 fully saturated rings. The number of nitrogens with one attached hydrogen (secondary N) is 1. The average Bonchev–Trinajstić information content (AvgIpc) is 2.32. The molecule has 0 aromatic heterocycles. The molecule has 7 heteroatoms.